The van der Waals surface area contributed by atoms with Gasteiger partial charge in [0.15, 0.2) is 0 Å². The van der Waals surface area contributed by atoms with Gasteiger partial charge in [0.1, 0.15) is 5.75 Å². The minimum atomic E-state index is -1.08. The number of esters is 1. The average molecular weight is 440 g/mol. The fraction of sp³-hybridized carbons (Fsp3) is 0.320. The van der Waals surface area contributed by atoms with Crippen LogP contribution in [0.2, 0.25) is 0 Å². The van der Waals surface area contributed by atoms with Crippen LogP contribution in [-0.2, 0) is 16.1 Å². The third kappa shape index (κ3) is 4.76. The van der Waals surface area contributed by atoms with Crippen molar-refractivity contribution in [1.29, 1.82) is 0 Å². The number of methoxy groups -OCH3 is 1. The summed E-state index contributed by atoms with van der Waals surface area (Å²) in [6.07, 6.45) is 0. The maximum absolute atomic E-state index is 12.4. The average Bonchev–Trinajstić information content (AvgIpc) is 2.82. The van der Waals surface area contributed by atoms with E-state index in [0.717, 1.165) is 22.1 Å². The Morgan fingerprint density at radius 2 is 1.59 bits per heavy atom. The number of fused-ring (bicyclic) bond motifs is 1. The molecular formula is C25H28O7. The largest absolute Gasteiger partial charge is 0.507 e. The Morgan fingerprint density at radius 1 is 0.938 bits per heavy atom. The Kier molecular flexibility index (Phi) is 7.48. The lowest BCUT2D eigenvalue weighted by atomic mass is 9.91. The lowest BCUT2D eigenvalue weighted by Gasteiger charge is -2.26. The van der Waals surface area contributed by atoms with Crippen molar-refractivity contribution in [1.82, 2.24) is 0 Å². The molecule has 0 aromatic heterocycles. The van der Waals surface area contributed by atoms with Crippen LogP contribution in [0, 0.1) is 12.3 Å². The first-order chi connectivity index (χ1) is 15.4. The standard InChI is InChI=1S/C25H28O7/c1-16-3-8-19-20(9-16)22(29)10-21(24(30)31-2)23(19)18-6-4-17(5-7-18)11-32-15-25(12-26,13-27)14-28/h3-10,26-29H,11-15H2,1-2H3. The Bertz CT molecular complexity index is 1080. The highest BCUT2D eigenvalue weighted by atomic mass is 16.5. The molecule has 4 N–H and O–H groups in total. The first kappa shape index (κ1) is 23.7. The first-order valence-electron chi connectivity index (χ1n) is 10.2. The molecule has 3 aromatic rings. The van der Waals surface area contributed by atoms with Gasteiger partial charge in [0.25, 0.3) is 0 Å². The minimum Gasteiger partial charge on any atom is -0.507 e. The third-order valence-corrected chi connectivity index (χ3v) is 5.60. The van der Waals surface area contributed by atoms with Crippen molar-refractivity contribution in [2.45, 2.75) is 13.5 Å². The SMILES string of the molecule is COC(=O)c1cc(O)c2cc(C)ccc2c1-c1ccc(COCC(CO)(CO)CO)cc1. The highest BCUT2D eigenvalue weighted by molar-refractivity contribution is 6.10. The van der Waals surface area contributed by atoms with Gasteiger partial charge in [0, 0.05) is 10.9 Å². The third-order valence-electron chi connectivity index (χ3n) is 5.60. The topological polar surface area (TPSA) is 116 Å². The fourth-order valence-corrected chi connectivity index (χ4v) is 3.54. The minimum absolute atomic E-state index is 0.00664. The second-order valence-corrected chi connectivity index (χ2v) is 8.02. The summed E-state index contributed by atoms with van der Waals surface area (Å²) in [6.45, 7) is 1.00. The quantitative estimate of drug-likeness (QED) is 0.378. The first-order valence-corrected chi connectivity index (χ1v) is 10.2. The summed E-state index contributed by atoms with van der Waals surface area (Å²) in [5.41, 5.74) is 2.45. The van der Waals surface area contributed by atoms with E-state index in [9.17, 15) is 25.2 Å². The van der Waals surface area contributed by atoms with Crippen molar-refractivity contribution in [3.8, 4) is 16.9 Å². The number of ether oxygens (including phenoxy) is 2. The van der Waals surface area contributed by atoms with Gasteiger partial charge >= 0.3 is 5.97 Å². The van der Waals surface area contributed by atoms with Gasteiger partial charge < -0.3 is 29.9 Å². The zero-order valence-electron chi connectivity index (χ0n) is 18.2. The summed E-state index contributed by atoms with van der Waals surface area (Å²) in [7, 11) is 1.30. The van der Waals surface area contributed by atoms with Crippen molar-refractivity contribution < 1.29 is 34.7 Å². The van der Waals surface area contributed by atoms with Crippen LogP contribution in [0.15, 0.2) is 48.5 Å². The van der Waals surface area contributed by atoms with Crippen LogP contribution in [0.4, 0.5) is 0 Å². The number of benzene rings is 3. The number of aliphatic hydroxyl groups is 3. The van der Waals surface area contributed by atoms with Crippen LogP contribution in [-0.4, -0.2) is 59.9 Å². The van der Waals surface area contributed by atoms with Crippen LogP contribution in [0.3, 0.4) is 0 Å². The number of phenols is 1. The van der Waals surface area contributed by atoms with Gasteiger partial charge in [0.2, 0.25) is 0 Å². The van der Waals surface area contributed by atoms with E-state index in [1.54, 1.807) is 0 Å². The maximum atomic E-state index is 12.4. The van der Waals surface area contributed by atoms with E-state index >= 15 is 0 Å². The number of phenolic OH excluding ortho intramolecular Hbond substituents is 1. The van der Waals surface area contributed by atoms with Gasteiger partial charge in [-0.1, -0.05) is 42.0 Å². The molecular weight excluding hydrogens is 412 g/mol. The molecule has 0 amide bonds. The summed E-state index contributed by atoms with van der Waals surface area (Å²) < 4.78 is 10.5. The van der Waals surface area contributed by atoms with Crippen molar-refractivity contribution >= 4 is 16.7 Å². The van der Waals surface area contributed by atoms with Crippen molar-refractivity contribution in [3.05, 3.63) is 65.2 Å². The molecule has 7 nitrogen and oxygen atoms in total. The molecule has 170 valence electrons. The van der Waals surface area contributed by atoms with Crippen molar-refractivity contribution in [2.75, 3.05) is 33.5 Å². The Balaban J connectivity index is 1.94. The monoisotopic (exact) mass is 440 g/mol. The number of rotatable bonds is 9. The number of aliphatic hydroxyl groups excluding tert-OH is 3. The predicted octanol–water partition coefficient (Wildman–Crippen LogP) is 2.79. The zero-order valence-corrected chi connectivity index (χ0v) is 18.2. The number of hydrogen-bond acceptors (Lipinski definition) is 7. The van der Waals surface area contributed by atoms with Crippen LogP contribution >= 0.6 is 0 Å². The molecule has 3 aromatic carbocycles. The number of aromatic hydroxyl groups is 1. The van der Waals surface area contributed by atoms with Crippen LogP contribution < -0.4 is 0 Å². The Labute approximate surface area is 186 Å². The van der Waals surface area contributed by atoms with Crippen LogP contribution in [0.25, 0.3) is 21.9 Å². The molecule has 0 aliphatic carbocycles. The van der Waals surface area contributed by atoms with Crippen molar-refractivity contribution in [2.24, 2.45) is 5.41 Å². The van der Waals surface area contributed by atoms with E-state index in [-0.39, 0.29) is 44.3 Å². The molecule has 3 rings (SSSR count). The summed E-state index contributed by atoms with van der Waals surface area (Å²) in [6, 6.07) is 14.5. The second-order valence-electron chi connectivity index (χ2n) is 8.02. The molecule has 0 spiro atoms. The van der Waals surface area contributed by atoms with E-state index in [0.29, 0.717) is 10.9 Å². The van der Waals surface area contributed by atoms with Gasteiger partial charge in [-0.15, -0.1) is 0 Å². The van der Waals surface area contributed by atoms with Gasteiger partial charge in [-0.2, -0.15) is 0 Å². The molecule has 0 bridgehead atoms. The number of carbonyl (C=O) groups is 1. The molecule has 0 fully saturated rings. The lowest BCUT2D eigenvalue weighted by molar-refractivity contribution is -0.0621. The van der Waals surface area contributed by atoms with Gasteiger partial charge in [-0.05, 0) is 35.6 Å². The normalized spacial score (nSPS) is 11.7. The molecule has 0 atom stereocenters. The van der Waals surface area contributed by atoms with Gasteiger partial charge in [0.05, 0.1) is 51.1 Å². The summed E-state index contributed by atoms with van der Waals surface area (Å²) in [5, 5.41) is 40.0. The number of hydrogen-bond donors (Lipinski definition) is 4. The van der Waals surface area contributed by atoms with E-state index in [1.165, 1.54) is 13.2 Å². The smallest absolute Gasteiger partial charge is 0.338 e. The van der Waals surface area contributed by atoms with Crippen LogP contribution in [0.5, 0.6) is 5.75 Å². The van der Waals surface area contributed by atoms with Crippen molar-refractivity contribution in [3.63, 3.8) is 0 Å². The molecule has 0 saturated heterocycles. The highest BCUT2D eigenvalue weighted by Crippen LogP contribution is 2.38. The van der Waals surface area contributed by atoms with E-state index in [4.69, 9.17) is 9.47 Å². The molecule has 32 heavy (non-hydrogen) atoms. The molecule has 0 heterocycles. The summed E-state index contributed by atoms with van der Waals surface area (Å²) in [5.74, 6) is -0.531. The molecule has 7 heteroatoms. The Hall–Kier alpha value is -2.97. The van der Waals surface area contributed by atoms with Gasteiger partial charge in [-0.25, -0.2) is 4.79 Å². The van der Waals surface area contributed by atoms with E-state index in [1.807, 2.05) is 49.4 Å². The molecule has 0 saturated carbocycles. The fourth-order valence-electron chi connectivity index (χ4n) is 3.54. The molecule has 0 radical (unpaired) electrons. The number of aryl methyl sites for hydroxylation is 1. The second kappa shape index (κ2) is 10.1. The highest BCUT2D eigenvalue weighted by Gasteiger charge is 2.28. The predicted molar refractivity (Wildman–Crippen MR) is 120 cm³/mol. The summed E-state index contributed by atoms with van der Waals surface area (Å²) >= 11 is 0. The zero-order chi connectivity index (χ0) is 23.3. The Morgan fingerprint density at radius 3 is 2.19 bits per heavy atom. The molecule has 0 aliphatic rings. The molecule has 0 unspecified atom stereocenters. The maximum Gasteiger partial charge on any atom is 0.338 e. The van der Waals surface area contributed by atoms with E-state index < -0.39 is 11.4 Å². The lowest BCUT2D eigenvalue weighted by Crippen LogP contribution is -2.38. The van der Waals surface area contributed by atoms with E-state index in [2.05, 4.69) is 0 Å². The summed E-state index contributed by atoms with van der Waals surface area (Å²) in [4.78, 5) is 12.4. The van der Waals surface area contributed by atoms with Crippen LogP contribution in [0.1, 0.15) is 21.5 Å². The molecule has 0 aliphatic heterocycles. The number of carbonyl (C=O) groups excluding carboxylic acids is 1. The van der Waals surface area contributed by atoms with Gasteiger partial charge in [-0.3, -0.25) is 0 Å².